The Labute approximate surface area is 174 Å². The molecule has 0 bridgehead atoms. The van der Waals surface area contributed by atoms with E-state index in [4.69, 9.17) is 4.74 Å². The average Bonchev–Trinajstić information content (AvgIpc) is 2.72. The smallest absolute Gasteiger partial charge is 0.437 e. The summed E-state index contributed by atoms with van der Waals surface area (Å²) in [5, 5.41) is 14.4. The Morgan fingerprint density at radius 1 is 1.13 bits per heavy atom. The normalized spacial score (nSPS) is 24.0. The highest BCUT2D eigenvalue weighted by Crippen LogP contribution is 2.44. The Hall–Kier alpha value is -2.72. The van der Waals surface area contributed by atoms with Crippen molar-refractivity contribution >= 4 is 23.6 Å². The van der Waals surface area contributed by atoms with Gasteiger partial charge in [0.1, 0.15) is 11.7 Å². The molecule has 0 spiro atoms. The topological polar surface area (TPSA) is 87.7 Å². The van der Waals surface area contributed by atoms with Crippen LogP contribution in [-0.4, -0.2) is 42.2 Å². The fourth-order valence-corrected chi connectivity index (χ4v) is 3.77. The summed E-state index contributed by atoms with van der Waals surface area (Å²) in [6, 6.07) is 9.20. The van der Waals surface area contributed by atoms with Gasteiger partial charge >= 0.3 is 12.2 Å². The van der Waals surface area contributed by atoms with Gasteiger partial charge in [0.05, 0.1) is 13.2 Å². The van der Waals surface area contributed by atoms with Gasteiger partial charge in [-0.25, -0.2) is 4.79 Å². The Balaban J connectivity index is 2.11. The average molecular weight is 440 g/mol. The zero-order valence-corrected chi connectivity index (χ0v) is 16.8. The molecule has 3 unspecified atom stereocenters. The number of benzene rings is 2. The highest BCUT2D eigenvalue weighted by atomic mass is 32.2. The van der Waals surface area contributed by atoms with Gasteiger partial charge in [-0.15, -0.1) is 11.8 Å². The van der Waals surface area contributed by atoms with Crippen molar-refractivity contribution in [1.29, 1.82) is 0 Å². The Kier molecular flexibility index (Phi) is 6.00. The second-order valence-electron chi connectivity index (χ2n) is 6.68. The number of rotatable bonds is 5. The van der Waals surface area contributed by atoms with E-state index in [9.17, 15) is 27.9 Å². The number of halogens is 3. The van der Waals surface area contributed by atoms with Crippen LogP contribution in [0, 0.1) is 5.92 Å². The minimum atomic E-state index is -5.30. The molecule has 1 saturated heterocycles. The van der Waals surface area contributed by atoms with Gasteiger partial charge < -0.3 is 20.5 Å². The summed E-state index contributed by atoms with van der Waals surface area (Å²) in [6.07, 6.45) is -3.46. The van der Waals surface area contributed by atoms with Crippen LogP contribution in [-0.2, 0) is 0 Å². The molecule has 10 heteroatoms. The van der Waals surface area contributed by atoms with E-state index in [-0.39, 0.29) is 11.1 Å². The van der Waals surface area contributed by atoms with Crippen molar-refractivity contribution in [2.45, 2.75) is 22.8 Å². The van der Waals surface area contributed by atoms with Gasteiger partial charge in [0, 0.05) is 10.5 Å². The highest BCUT2D eigenvalue weighted by Gasteiger charge is 2.66. The van der Waals surface area contributed by atoms with Crippen LogP contribution in [0.15, 0.2) is 53.4 Å². The second kappa shape index (κ2) is 8.19. The summed E-state index contributed by atoms with van der Waals surface area (Å²) in [6.45, 7) is 0. The number of carbonyl (C=O) groups is 2. The summed E-state index contributed by atoms with van der Waals surface area (Å²) in [5.41, 5.74) is -3.56. The van der Waals surface area contributed by atoms with Crippen molar-refractivity contribution in [2.24, 2.45) is 5.92 Å². The minimum Gasteiger partial charge on any atom is -0.497 e. The third-order valence-corrected chi connectivity index (χ3v) is 5.68. The number of alkyl halides is 3. The fourth-order valence-electron chi connectivity index (χ4n) is 3.36. The number of urea groups is 1. The number of carbonyl (C=O) groups excluding carboxylic acids is 2. The van der Waals surface area contributed by atoms with Gasteiger partial charge in [-0.1, -0.05) is 12.1 Å². The Bertz CT molecular complexity index is 935. The molecule has 0 aromatic heterocycles. The molecule has 1 aliphatic rings. The van der Waals surface area contributed by atoms with Gasteiger partial charge in [0.25, 0.3) is 0 Å². The van der Waals surface area contributed by atoms with Crippen molar-refractivity contribution in [3.05, 3.63) is 59.7 Å². The van der Waals surface area contributed by atoms with E-state index in [0.29, 0.717) is 5.75 Å². The standard InChI is InChI=1S/C20H19F3N2O4S/c1-29-13-7-3-12(4-8-13)17(26)15-16(11-5-9-14(30-2)10-6-11)24-18(27)25-19(15,28)20(21,22)23/h3-10,15-16,28H,1-2H3,(H2,24,25,27). The van der Waals surface area contributed by atoms with Crippen LogP contribution in [0.5, 0.6) is 5.75 Å². The van der Waals surface area contributed by atoms with E-state index >= 15 is 0 Å². The molecule has 0 aliphatic carbocycles. The lowest BCUT2D eigenvalue weighted by Gasteiger charge is -2.45. The number of thioether (sulfide) groups is 1. The number of Topliss-reactive ketones (excluding diaryl/α,β-unsaturated/α-hetero) is 1. The lowest BCUT2D eigenvalue weighted by molar-refractivity contribution is -0.287. The van der Waals surface area contributed by atoms with Crippen molar-refractivity contribution in [1.82, 2.24) is 10.6 Å². The minimum absolute atomic E-state index is 0.0628. The second-order valence-corrected chi connectivity index (χ2v) is 7.56. The Morgan fingerprint density at radius 2 is 1.73 bits per heavy atom. The molecule has 30 heavy (non-hydrogen) atoms. The largest absolute Gasteiger partial charge is 0.497 e. The van der Waals surface area contributed by atoms with Gasteiger partial charge in [-0.2, -0.15) is 13.2 Å². The number of aliphatic hydroxyl groups is 1. The zero-order valence-electron chi connectivity index (χ0n) is 16.0. The van der Waals surface area contributed by atoms with Crippen molar-refractivity contribution in [3.8, 4) is 5.75 Å². The number of hydrogen-bond acceptors (Lipinski definition) is 5. The van der Waals surface area contributed by atoms with E-state index < -0.39 is 35.7 Å². The molecule has 2 aromatic rings. The van der Waals surface area contributed by atoms with Gasteiger partial charge in [0.2, 0.25) is 5.72 Å². The van der Waals surface area contributed by atoms with Gasteiger partial charge in [-0.05, 0) is 48.2 Å². The summed E-state index contributed by atoms with van der Waals surface area (Å²) >= 11 is 1.43. The van der Waals surface area contributed by atoms with E-state index in [1.165, 1.54) is 60.6 Å². The first-order valence-electron chi connectivity index (χ1n) is 8.80. The molecular formula is C20H19F3N2O4S. The van der Waals surface area contributed by atoms with Crippen LogP contribution in [0.1, 0.15) is 22.0 Å². The molecule has 1 aliphatic heterocycles. The van der Waals surface area contributed by atoms with E-state index in [2.05, 4.69) is 5.32 Å². The third kappa shape index (κ3) is 3.97. The molecule has 3 N–H and O–H groups in total. The molecule has 160 valence electrons. The molecule has 2 amide bonds. The SMILES string of the molecule is COc1ccc(C(=O)C2C(c3ccc(SC)cc3)NC(=O)NC2(O)C(F)(F)F)cc1. The number of amides is 2. The van der Waals surface area contributed by atoms with E-state index in [1.54, 1.807) is 12.1 Å². The lowest BCUT2D eigenvalue weighted by Crippen LogP contribution is -2.72. The third-order valence-electron chi connectivity index (χ3n) is 4.94. The number of methoxy groups -OCH3 is 1. The van der Waals surface area contributed by atoms with Gasteiger partial charge in [0.15, 0.2) is 5.78 Å². The van der Waals surface area contributed by atoms with Crippen molar-refractivity contribution in [2.75, 3.05) is 13.4 Å². The molecule has 1 fully saturated rings. The van der Waals surface area contributed by atoms with Crippen LogP contribution in [0.2, 0.25) is 0 Å². The van der Waals surface area contributed by atoms with Crippen molar-refractivity contribution in [3.63, 3.8) is 0 Å². The predicted octanol–water partition coefficient (Wildman–Crippen LogP) is 3.52. The molecule has 6 nitrogen and oxygen atoms in total. The first kappa shape index (κ1) is 22.0. The molecule has 1 heterocycles. The van der Waals surface area contributed by atoms with Crippen molar-refractivity contribution < 1.29 is 32.6 Å². The van der Waals surface area contributed by atoms with Crippen LogP contribution in [0.3, 0.4) is 0 Å². The molecule has 0 saturated carbocycles. The molecular weight excluding hydrogens is 421 g/mol. The number of ketones is 1. The summed E-state index contributed by atoms with van der Waals surface area (Å²) in [4.78, 5) is 26.0. The first-order chi connectivity index (χ1) is 14.1. The zero-order chi connectivity index (χ0) is 22.1. The summed E-state index contributed by atoms with van der Waals surface area (Å²) in [7, 11) is 1.41. The lowest BCUT2D eigenvalue weighted by atomic mass is 9.77. The van der Waals surface area contributed by atoms with Crippen LogP contribution < -0.4 is 15.4 Å². The number of ether oxygens (including phenoxy) is 1. The number of nitrogens with one attached hydrogen (secondary N) is 2. The molecule has 3 rings (SSSR count). The quantitative estimate of drug-likeness (QED) is 0.489. The van der Waals surface area contributed by atoms with Crippen LogP contribution >= 0.6 is 11.8 Å². The maximum absolute atomic E-state index is 13.9. The summed E-state index contributed by atoms with van der Waals surface area (Å²) in [5.74, 6) is -2.63. The van der Waals surface area contributed by atoms with E-state index in [0.717, 1.165) is 4.90 Å². The first-order valence-corrected chi connectivity index (χ1v) is 10.0. The van der Waals surface area contributed by atoms with E-state index in [1.807, 2.05) is 6.26 Å². The Morgan fingerprint density at radius 3 is 2.23 bits per heavy atom. The fraction of sp³-hybridized carbons (Fsp3) is 0.300. The summed E-state index contributed by atoms with van der Waals surface area (Å²) < 4.78 is 46.7. The predicted molar refractivity (Wildman–Crippen MR) is 104 cm³/mol. The molecule has 0 radical (unpaired) electrons. The highest BCUT2D eigenvalue weighted by molar-refractivity contribution is 7.98. The van der Waals surface area contributed by atoms with Gasteiger partial charge in [-0.3, -0.25) is 4.79 Å². The number of hydrogen-bond donors (Lipinski definition) is 3. The van der Waals surface area contributed by atoms with Crippen LogP contribution in [0.25, 0.3) is 0 Å². The maximum Gasteiger partial charge on any atom is 0.437 e. The monoisotopic (exact) mass is 440 g/mol. The van der Waals surface area contributed by atoms with Crippen LogP contribution in [0.4, 0.5) is 18.0 Å². The maximum atomic E-state index is 13.9. The molecule has 2 aromatic carbocycles. The molecule has 3 atom stereocenters.